The van der Waals surface area contributed by atoms with Gasteiger partial charge in [0.05, 0.1) is 0 Å². The lowest BCUT2D eigenvalue weighted by Crippen LogP contribution is -2.44. The largest absolute Gasteiger partial charge is 0.107 e. The molecule has 19 heavy (non-hydrogen) atoms. The Morgan fingerprint density at radius 2 is 1.53 bits per heavy atom. The minimum atomic E-state index is -1.58. The number of hydrogen-bond donors (Lipinski definition) is 0. The number of hydrogen-bond acceptors (Lipinski definition) is 0. The Morgan fingerprint density at radius 1 is 0.947 bits per heavy atom. The predicted molar refractivity (Wildman–Crippen MR) is 87.6 cm³/mol. The van der Waals surface area contributed by atoms with Crippen LogP contribution in [0, 0.1) is 6.92 Å². The van der Waals surface area contributed by atoms with Gasteiger partial charge in [-0.3, -0.25) is 0 Å². The molecule has 2 rings (SSSR count). The van der Waals surface area contributed by atoms with E-state index in [1.807, 2.05) is 0 Å². The molecule has 98 valence electrons. The summed E-state index contributed by atoms with van der Waals surface area (Å²) in [6.45, 7) is 11.4. The SMILES string of the molecule is C=C(Cc1ccccc1C)[Si](C)(C)c1ccccc1. The van der Waals surface area contributed by atoms with E-state index in [0.29, 0.717) is 0 Å². The van der Waals surface area contributed by atoms with Gasteiger partial charge in [-0.2, -0.15) is 0 Å². The zero-order valence-corrected chi connectivity index (χ0v) is 13.1. The van der Waals surface area contributed by atoms with E-state index in [4.69, 9.17) is 0 Å². The van der Waals surface area contributed by atoms with Crippen molar-refractivity contribution in [2.45, 2.75) is 26.4 Å². The Hall–Kier alpha value is -1.60. The summed E-state index contributed by atoms with van der Waals surface area (Å²) >= 11 is 0. The summed E-state index contributed by atoms with van der Waals surface area (Å²) in [5.41, 5.74) is 2.77. The van der Waals surface area contributed by atoms with Crippen molar-refractivity contribution in [3.8, 4) is 0 Å². The Bertz CT molecular complexity index is 567. The summed E-state index contributed by atoms with van der Waals surface area (Å²) in [6.07, 6.45) is 1.00. The lowest BCUT2D eigenvalue weighted by Gasteiger charge is -2.26. The molecular weight excluding hydrogens is 244 g/mol. The maximum atomic E-state index is 4.40. The van der Waals surface area contributed by atoms with E-state index in [0.717, 1.165) is 6.42 Å². The molecule has 2 aromatic rings. The summed E-state index contributed by atoms with van der Waals surface area (Å²) in [7, 11) is -1.58. The molecule has 0 aromatic heterocycles. The lowest BCUT2D eigenvalue weighted by atomic mass is 10.1. The van der Waals surface area contributed by atoms with Gasteiger partial charge in [-0.25, -0.2) is 0 Å². The summed E-state index contributed by atoms with van der Waals surface area (Å²) < 4.78 is 0. The standard InChI is InChI=1S/C18H22Si/c1-15-10-8-9-11-17(15)14-16(2)19(3,4)18-12-6-5-7-13-18/h5-13H,2,14H2,1,3-4H3. The molecule has 0 amide bonds. The molecule has 0 nitrogen and oxygen atoms in total. The highest BCUT2D eigenvalue weighted by molar-refractivity contribution is 6.95. The van der Waals surface area contributed by atoms with Gasteiger partial charge in [0.25, 0.3) is 0 Å². The molecule has 2 aromatic carbocycles. The summed E-state index contributed by atoms with van der Waals surface area (Å²) in [4.78, 5) is 0. The fraction of sp³-hybridized carbons (Fsp3) is 0.222. The van der Waals surface area contributed by atoms with Gasteiger partial charge in [-0.1, -0.05) is 78.1 Å². The van der Waals surface area contributed by atoms with Crippen LogP contribution in [0.2, 0.25) is 13.1 Å². The third-order valence-corrected chi connectivity index (χ3v) is 7.77. The summed E-state index contributed by atoms with van der Waals surface area (Å²) in [5.74, 6) is 0. The maximum absolute atomic E-state index is 4.40. The van der Waals surface area contributed by atoms with Crippen molar-refractivity contribution in [1.82, 2.24) is 0 Å². The average Bonchev–Trinajstić information content (AvgIpc) is 2.42. The van der Waals surface area contributed by atoms with Crippen molar-refractivity contribution in [1.29, 1.82) is 0 Å². The quantitative estimate of drug-likeness (QED) is 0.726. The molecule has 0 unspecified atom stereocenters. The Balaban J connectivity index is 2.23. The van der Waals surface area contributed by atoms with Gasteiger partial charge in [0, 0.05) is 0 Å². The lowest BCUT2D eigenvalue weighted by molar-refractivity contribution is 1.18. The summed E-state index contributed by atoms with van der Waals surface area (Å²) in [6, 6.07) is 19.4. The Morgan fingerprint density at radius 3 is 2.16 bits per heavy atom. The summed E-state index contributed by atoms with van der Waals surface area (Å²) in [5, 5.41) is 2.86. The molecule has 0 fully saturated rings. The topological polar surface area (TPSA) is 0 Å². The molecule has 0 saturated heterocycles. The average molecular weight is 266 g/mol. The molecule has 0 aliphatic heterocycles. The monoisotopic (exact) mass is 266 g/mol. The van der Waals surface area contributed by atoms with E-state index in [2.05, 4.69) is 81.2 Å². The minimum Gasteiger partial charge on any atom is -0.103 e. The van der Waals surface area contributed by atoms with Gasteiger partial charge in [-0.15, -0.1) is 6.58 Å². The van der Waals surface area contributed by atoms with Crippen LogP contribution in [-0.4, -0.2) is 8.07 Å². The second kappa shape index (κ2) is 5.58. The van der Waals surface area contributed by atoms with E-state index in [1.165, 1.54) is 21.5 Å². The highest BCUT2D eigenvalue weighted by Crippen LogP contribution is 2.20. The predicted octanol–water partition coefficient (Wildman–Crippen LogP) is 4.25. The van der Waals surface area contributed by atoms with Crippen LogP contribution in [0.4, 0.5) is 0 Å². The molecule has 0 N–H and O–H groups in total. The number of benzene rings is 2. The molecule has 0 bridgehead atoms. The van der Waals surface area contributed by atoms with Crippen molar-refractivity contribution < 1.29 is 0 Å². The van der Waals surface area contributed by atoms with Gasteiger partial charge in [0.2, 0.25) is 0 Å². The van der Waals surface area contributed by atoms with Crippen molar-refractivity contribution in [3.63, 3.8) is 0 Å². The normalized spacial score (nSPS) is 11.3. The highest BCUT2D eigenvalue weighted by atomic mass is 28.3. The third-order valence-electron chi connectivity index (χ3n) is 4.04. The van der Waals surface area contributed by atoms with Crippen molar-refractivity contribution in [3.05, 3.63) is 77.5 Å². The van der Waals surface area contributed by atoms with Crippen LogP contribution in [0.1, 0.15) is 11.1 Å². The van der Waals surface area contributed by atoms with E-state index in [-0.39, 0.29) is 0 Å². The van der Waals surface area contributed by atoms with Gasteiger partial charge in [0.15, 0.2) is 0 Å². The molecular formula is C18H22Si. The van der Waals surface area contributed by atoms with E-state index < -0.39 is 8.07 Å². The Labute approximate surface area is 117 Å². The molecule has 0 radical (unpaired) electrons. The molecule has 0 aliphatic rings. The van der Waals surface area contributed by atoms with Gasteiger partial charge >= 0.3 is 0 Å². The molecule has 0 spiro atoms. The fourth-order valence-electron chi connectivity index (χ4n) is 2.32. The van der Waals surface area contributed by atoms with Gasteiger partial charge < -0.3 is 0 Å². The zero-order valence-electron chi connectivity index (χ0n) is 12.1. The van der Waals surface area contributed by atoms with Crippen molar-refractivity contribution >= 4 is 13.3 Å². The smallest absolute Gasteiger partial charge is 0.103 e. The van der Waals surface area contributed by atoms with Crippen LogP contribution in [0.5, 0.6) is 0 Å². The van der Waals surface area contributed by atoms with Crippen LogP contribution in [-0.2, 0) is 6.42 Å². The number of aryl methyl sites for hydroxylation is 1. The van der Waals surface area contributed by atoms with Gasteiger partial charge in [0.1, 0.15) is 8.07 Å². The molecule has 0 heterocycles. The fourth-order valence-corrected chi connectivity index (χ4v) is 4.38. The van der Waals surface area contributed by atoms with Crippen LogP contribution >= 0.6 is 0 Å². The van der Waals surface area contributed by atoms with E-state index in [9.17, 15) is 0 Å². The van der Waals surface area contributed by atoms with Crippen molar-refractivity contribution in [2.75, 3.05) is 0 Å². The second-order valence-electron chi connectivity index (χ2n) is 5.70. The van der Waals surface area contributed by atoms with Crippen LogP contribution in [0.3, 0.4) is 0 Å². The molecule has 0 aliphatic carbocycles. The number of rotatable bonds is 4. The zero-order chi connectivity index (χ0) is 13.9. The first-order valence-corrected chi connectivity index (χ1v) is 9.80. The van der Waals surface area contributed by atoms with Crippen LogP contribution in [0.15, 0.2) is 66.4 Å². The highest BCUT2D eigenvalue weighted by Gasteiger charge is 2.26. The van der Waals surface area contributed by atoms with Crippen molar-refractivity contribution in [2.24, 2.45) is 0 Å². The van der Waals surface area contributed by atoms with E-state index in [1.54, 1.807) is 0 Å². The van der Waals surface area contributed by atoms with Gasteiger partial charge in [-0.05, 0) is 24.5 Å². The first-order valence-electron chi connectivity index (χ1n) is 6.80. The number of allylic oxidation sites excluding steroid dienone is 1. The molecule has 1 heteroatoms. The van der Waals surface area contributed by atoms with Crippen LogP contribution in [0.25, 0.3) is 0 Å². The first-order chi connectivity index (χ1) is 9.01. The van der Waals surface area contributed by atoms with Crippen LogP contribution < -0.4 is 5.19 Å². The third kappa shape index (κ3) is 3.05. The first kappa shape index (κ1) is 13.8. The maximum Gasteiger partial charge on any atom is 0.107 e. The molecule has 0 atom stereocenters. The van der Waals surface area contributed by atoms with E-state index >= 15 is 0 Å². The second-order valence-corrected chi connectivity index (χ2v) is 10.2. The minimum absolute atomic E-state index is 1.00. The molecule has 0 saturated carbocycles. The Kier molecular flexibility index (Phi) is 4.06.